The van der Waals surface area contributed by atoms with Crippen molar-refractivity contribution in [1.29, 1.82) is 0 Å². The third-order valence-corrected chi connectivity index (χ3v) is 8.58. The molecule has 0 saturated carbocycles. The van der Waals surface area contributed by atoms with Crippen molar-refractivity contribution in [2.75, 3.05) is 32.2 Å². The number of hydrogen-bond acceptors (Lipinski definition) is 7. The number of ether oxygens (including phenoxy) is 2. The molecule has 1 fully saturated rings. The fourth-order valence-corrected chi connectivity index (χ4v) is 6.26. The zero-order chi connectivity index (χ0) is 21.1. The van der Waals surface area contributed by atoms with E-state index in [1.165, 1.54) is 0 Å². The Labute approximate surface area is 181 Å². The lowest BCUT2D eigenvalue weighted by Crippen LogP contribution is -2.39. The van der Waals surface area contributed by atoms with Gasteiger partial charge in [0.2, 0.25) is 0 Å². The normalized spacial score (nSPS) is 15.2. The van der Waals surface area contributed by atoms with E-state index < -0.39 is 9.84 Å². The van der Waals surface area contributed by atoms with E-state index in [4.69, 9.17) is 14.5 Å². The van der Waals surface area contributed by atoms with Crippen LogP contribution in [0.2, 0.25) is 0 Å². The first-order chi connectivity index (χ1) is 14.5. The number of nitrogens with zero attached hydrogens (tertiary/aromatic N) is 2. The largest absolute Gasteiger partial charge is 0.497 e. The molecule has 4 rings (SSSR count). The first-order valence-electron chi connectivity index (χ1n) is 9.74. The van der Waals surface area contributed by atoms with Gasteiger partial charge in [-0.1, -0.05) is 12.1 Å². The second-order valence-corrected chi connectivity index (χ2v) is 10.2. The number of methoxy groups -OCH3 is 2. The van der Waals surface area contributed by atoms with E-state index in [0.29, 0.717) is 36.6 Å². The van der Waals surface area contributed by atoms with Crippen molar-refractivity contribution in [2.24, 2.45) is 0 Å². The van der Waals surface area contributed by atoms with Crippen molar-refractivity contribution in [3.8, 4) is 22.8 Å². The molecule has 1 aliphatic rings. The predicted molar refractivity (Wildman–Crippen MR) is 120 cm³/mol. The minimum absolute atomic E-state index is 0.358. The highest BCUT2D eigenvalue weighted by Crippen LogP contribution is 2.32. The summed E-state index contributed by atoms with van der Waals surface area (Å²) < 4.78 is 36.4. The maximum atomic E-state index is 13.0. The van der Waals surface area contributed by atoms with Gasteiger partial charge in [-0.3, -0.25) is 0 Å². The van der Waals surface area contributed by atoms with Gasteiger partial charge in [0.25, 0.3) is 0 Å². The van der Waals surface area contributed by atoms with Crippen LogP contribution in [0.15, 0.2) is 58.8 Å². The molecule has 0 N–H and O–H groups in total. The first-order valence-corrected chi connectivity index (χ1v) is 12.2. The Morgan fingerprint density at radius 1 is 1.00 bits per heavy atom. The number of benzene rings is 2. The standard InChI is InChI=1S/C22H24N2O4S2/c1-27-17-6-8-19(9-7-17)30(25,26)20-10-12-24(13-11-20)22-23-21(15-29-22)16-4-3-5-18(14-16)28-2/h3-9,14-15,20H,10-13H2,1-2H3. The number of piperidine rings is 1. The number of hydrogen-bond donors (Lipinski definition) is 0. The quantitative estimate of drug-likeness (QED) is 0.566. The molecule has 8 heteroatoms. The summed E-state index contributed by atoms with van der Waals surface area (Å²) >= 11 is 1.58. The van der Waals surface area contributed by atoms with Crippen LogP contribution >= 0.6 is 11.3 Å². The van der Waals surface area contributed by atoms with Crippen LogP contribution in [0.5, 0.6) is 11.5 Å². The molecule has 2 aromatic carbocycles. The molecule has 0 spiro atoms. The Morgan fingerprint density at radius 2 is 1.70 bits per heavy atom. The van der Waals surface area contributed by atoms with Crippen LogP contribution in [0, 0.1) is 0 Å². The molecule has 0 bridgehead atoms. The highest BCUT2D eigenvalue weighted by molar-refractivity contribution is 7.92. The fourth-order valence-electron chi connectivity index (χ4n) is 3.64. The zero-order valence-corrected chi connectivity index (χ0v) is 18.6. The van der Waals surface area contributed by atoms with Gasteiger partial charge in [0, 0.05) is 24.0 Å². The van der Waals surface area contributed by atoms with E-state index in [1.807, 2.05) is 29.6 Å². The van der Waals surface area contributed by atoms with Crippen LogP contribution in [0.25, 0.3) is 11.3 Å². The molecule has 0 aliphatic carbocycles. The summed E-state index contributed by atoms with van der Waals surface area (Å²) in [7, 11) is -0.136. The van der Waals surface area contributed by atoms with Gasteiger partial charge in [0.15, 0.2) is 15.0 Å². The molecular formula is C22H24N2O4S2. The Balaban J connectivity index is 1.44. The molecule has 0 radical (unpaired) electrons. The van der Waals surface area contributed by atoms with Gasteiger partial charge < -0.3 is 14.4 Å². The molecule has 6 nitrogen and oxygen atoms in total. The molecule has 0 unspecified atom stereocenters. The summed E-state index contributed by atoms with van der Waals surface area (Å²) in [5, 5.41) is 2.58. The third-order valence-electron chi connectivity index (χ3n) is 5.40. The number of rotatable bonds is 6. The van der Waals surface area contributed by atoms with Gasteiger partial charge >= 0.3 is 0 Å². The Kier molecular flexibility index (Phi) is 5.97. The topological polar surface area (TPSA) is 68.7 Å². The molecule has 2 heterocycles. The van der Waals surface area contributed by atoms with Crippen molar-refractivity contribution in [3.63, 3.8) is 0 Å². The summed E-state index contributed by atoms with van der Waals surface area (Å²) in [4.78, 5) is 7.30. The average Bonchev–Trinajstić information content (AvgIpc) is 3.29. The predicted octanol–water partition coefficient (Wildman–Crippen LogP) is 4.27. The van der Waals surface area contributed by atoms with Crippen LogP contribution in [0.4, 0.5) is 5.13 Å². The second-order valence-electron chi connectivity index (χ2n) is 7.15. The fraction of sp³-hybridized carbons (Fsp3) is 0.318. The van der Waals surface area contributed by atoms with Crippen LogP contribution in [0.1, 0.15) is 12.8 Å². The lowest BCUT2D eigenvalue weighted by Gasteiger charge is -2.31. The molecule has 3 aromatic rings. The van der Waals surface area contributed by atoms with Gasteiger partial charge in [-0.2, -0.15) is 0 Å². The molecule has 0 atom stereocenters. The van der Waals surface area contributed by atoms with Crippen molar-refractivity contribution in [2.45, 2.75) is 23.0 Å². The van der Waals surface area contributed by atoms with E-state index in [-0.39, 0.29) is 5.25 Å². The highest BCUT2D eigenvalue weighted by atomic mass is 32.2. The maximum Gasteiger partial charge on any atom is 0.185 e. The lowest BCUT2D eigenvalue weighted by atomic mass is 10.1. The molecule has 1 aromatic heterocycles. The second kappa shape index (κ2) is 8.65. The van der Waals surface area contributed by atoms with E-state index in [0.717, 1.165) is 22.1 Å². The van der Waals surface area contributed by atoms with Gasteiger partial charge in [0.1, 0.15) is 11.5 Å². The average molecular weight is 445 g/mol. The SMILES string of the molecule is COc1ccc(S(=O)(=O)C2CCN(c3nc(-c4cccc(OC)c4)cs3)CC2)cc1. The molecule has 1 saturated heterocycles. The molecule has 1 aliphatic heterocycles. The Hall–Kier alpha value is -2.58. The minimum Gasteiger partial charge on any atom is -0.497 e. The third kappa shape index (κ3) is 4.15. The van der Waals surface area contributed by atoms with Crippen molar-refractivity contribution < 1.29 is 17.9 Å². The van der Waals surface area contributed by atoms with Gasteiger partial charge in [-0.25, -0.2) is 13.4 Å². The first kappa shape index (κ1) is 20.7. The zero-order valence-electron chi connectivity index (χ0n) is 16.9. The molecular weight excluding hydrogens is 420 g/mol. The van der Waals surface area contributed by atoms with Crippen LogP contribution in [-0.4, -0.2) is 46.0 Å². The summed E-state index contributed by atoms with van der Waals surface area (Å²) in [5.41, 5.74) is 1.91. The van der Waals surface area contributed by atoms with Gasteiger partial charge in [0.05, 0.1) is 30.1 Å². The van der Waals surface area contributed by atoms with E-state index in [9.17, 15) is 8.42 Å². The van der Waals surface area contributed by atoms with Crippen molar-refractivity contribution in [3.05, 3.63) is 53.9 Å². The van der Waals surface area contributed by atoms with E-state index in [1.54, 1.807) is 49.8 Å². The number of sulfone groups is 1. The van der Waals surface area contributed by atoms with Gasteiger partial charge in [-0.05, 0) is 49.2 Å². The van der Waals surface area contributed by atoms with Crippen molar-refractivity contribution >= 4 is 26.3 Å². The van der Waals surface area contributed by atoms with Crippen LogP contribution < -0.4 is 14.4 Å². The molecule has 158 valence electrons. The number of aromatic nitrogens is 1. The highest BCUT2D eigenvalue weighted by Gasteiger charge is 2.32. The maximum absolute atomic E-state index is 13.0. The summed E-state index contributed by atoms with van der Waals surface area (Å²) in [6.07, 6.45) is 1.17. The van der Waals surface area contributed by atoms with Crippen molar-refractivity contribution in [1.82, 2.24) is 4.98 Å². The lowest BCUT2D eigenvalue weighted by molar-refractivity contribution is 0.414. The van der Waals surface area contributed by atoms with Crippen LogP contribution in [0.3, 0.4) is 0 Å². The number of thiazole rings is 1. The smallest absolute Gasteiger partial charge is 0.185 e. The summed E-state index contributed by atoms with van der Waals surface area (Å²) in [6, 6.07) is 14.5. The minimum atomic E-state index is -3.35. The van der Waals surface area contributed by atoms with Gasteiger partial charge in [-0.15, -0.1) is 11.3 Å². The Bertz CT molecular complexity index is 1100. The van der Waals surface area contributed by atoms with Crippen LogP contribution in [-0.2, 0) is 9.84 Å². The molecule has 0 amide bonds. The van der Waals surface area contributed by atoms with E-state index in [2.05, 4.69) is 4.90 Å². The Morgan fingerprint density at radius 3 is 2.37 bits per heavy atom. The number of anilines is 1. The summed E-state index contributed by atoms with van der Waals surface area (Å²) in [5.74, 6) is 1.45. The molecule has 30 heavy (non-hydrogen) atoms. The summed E-state index contributed by atoms with van der Waals surface area (Å²) in [6.45, 7) is 1.34. The van der Waals surface area contributed by atoms with E-state index >= 15 is 0 Å². The monoisotopic (exact) mass is 444 g/mol.